The largest absolute Gasteiger partial charge is 0.423 e. The summed E-state index contributed by atoms with van der Waals surface area (Å²) < 4.78 is 37.1. The second-order valence-corrected chi connectivity index (χ2v) is 3.11. The Hall–Kier alpha value is -1.40. The number of hydrogen-bond donors (Lipinski definition) is 2. The molecule has 0 heterocycles. The zero-order chi connectivity index (χ0) is 13.7. The summed E-state index contributed by atoms with van der Waals surface area (Å²) in [5.74, 6) is 0. The summed E-state index contributed by atoms with van der Waals surface area (Å²) in [6.45, 7) is 4.00. The predicted molar refractivity (Wildman–Crippen MR) is 59.3 cm³/mol. The summed E-state index contributed by atoms with van der Waals surface area (Å²) in [7, 11) is 0. The van der Waals surface area contributed by atoms with Gasteiger partial charge in [0.05, 0.1) is 0 Å². The third-order valence-electron chi connectivity index (χ3n) is 1.99. The molecule has 96 valence electrons. The number of carbonyl (C=O) groups excluding carboxylic acids is 1. The first-order chi connectivity index (χ1) is 7.79. The summed E-state index contributed by atoms with van der Waals surface area (Å²) in [4.78, 5) is 10.3. The van der Waals surface area contributed by atoms with E-state index < -0.39 is 11.8 Å². The zero-order valence-electron chi connectivity index (χ0n) is 9.58. The monoisotopic (exact) mass is 248 g/mol. The van der Waals surface area contributed by atoms with Gasteiger partial charge in [-0.05, 0) is 5.56 Å². The van der Waals surface area contributed by atoms with Crippen LogP contribution in [0.25, 0.3) is 0 Å². The zero-order valence-corrected chi connectivity index (χ0v) is 9.58. The molecule has 0 amide bonds. The molecule has 0 atom stereocenters. The lowest BCUT2D eigenvalue weighted by Gasteiger charge is -2.27. The number of alkyl halides is 3. The Morgan fingerprint density at radius 3 is 1.76 bits per heavy atom. The fourth-order valence-electron chi connectivity index (χ4n) is 1.00. The van der Waals surface area contributed by atoms with Crippen LogP contribution in [0.2, 0.25) is 0 Å². The highest BCUT2D eigenvalue weighted by Gasteiger charge is 2.50. The van der Waals surface area contributed by atoms with Gasteiger partial charge >= 0.3 is 6.18 Å². The smallest absolute Gasteiger partial charge is 0.302 e. The lowest BCUT2D eigenvalue weighted by molar-refractivity contribution is -0.188. The number of benzene rings is 1. The Bertz CT molecular complexity index is 358. The molecule has 17 heavy (non-hydrogen) atoms. The third-order valence-corrected chi connectivity index (χ3v) is 1.99. The lowest BCUT2D eigenvalue weighted by atomic mass is 10.00. The summed E-state index contributed by atoms with van der Waals surface area (Å²) in [5.41, 5.74) is 7.02. The molecule has 1 aromatic carbocycles. The van der Waals surface area contributed by atoms with Gasteiger partial charge in [0.25, 0.3) is 0 Å². The molecule has 0 saturated heterocycles. The van der Waals surface area contributed by atoms with Gasteiger partial charge in [0, 0.05) is 5.56 Å². The van der Waals surface area contributed by atoms with E-state index in [0.29, 0.717) is 6.29 Å². The van der Waals surface area contributed by atoms with Crippen molar-refractivity contribution >= 4 is 6.29 Å². The molecule has 0 radical (unpaired) electrons. The van der Waals surface area contributed by atoms with Crippen LogP contribution in [0.3, 0.4) is 0 Å². The number of carbonyl (C=O) groups is 1. The minimum atomic E-state index is -4.74. The average molecular weight is 248 g/mol. The van der Waals surface area contributed by atoms with Crippen molar-refractivity contribution in [1.82, 2.24) is 0 Å². The van der Waals surface area contributed by atoms with E-state index in [1.54, 1.807) is 0 Å². The third kappa shape index (κ3) is 3.54. The molecule has 0 aliphatic carbocycles. The molecule has 0 fully saturated rings. The summed E-state index contributed by atoms with van der Waals surface area (Å²) in [5, 5.41) is 0. The summed E-state index contributed by atoms with van der Waals surface area (Å²) >= 11 is 0. The molecule has 3 nitrogen and oxygen atoms in total. The van der Waals surface area contributed by atoms with Crippen LogP contribution in [0.5, 0.6) is 0 Å². The number of aldehydes is 1. The number of halogens is 3. The van der Waals surface area contributed by atoms with Crippen LogP contribution in [0, 0.1) is 0 Å². The normalized spacial score (nSPS) is 11.5. The van der Waals surface area contributed by atoms with E-state index in [2.05, 4.69) is 0 Å². The summed E-state index contributed by atoms with van der Waals surface area (Å²) in [6, 6.07) is 4.61. The van der Waals surface area contributed by atoms with E-state index in [4.69, 9.17) is 11.5 Å². The van der Waals surface area contributed by atoms with Crippen molar-refractivity contribution in [3.05, 3.63) is 35.4 Å². The first-order valence-corrected chi connectivity index (χ1v) is 4.99. The van der Waals surface area contributed by atoms with E-state index in [1.807, 2.05) is 13.8 Å². The Labute approximate surface area is 97.6 Å². The maximum atomic E-state index is 12.4. The second kappa shape index (κ2) is 5.79. The molecule has 0 aromatic heterocycles. The Kier molecular flexibility index (Phi) is 5.31. The molecule has 0 bridgehead atoms. The van der Waals surface area contributed by atoms with Crippen LogP contribution >= 0.6 is 0 Å². The topological polar surface area (TPSA) is 69.1 Å². The van der Waals surface area contributed by atoms with Crippen LogP contribution in [0.1, 0.15) is 29.8 Å². The minimum Gasteiger partial charge on any atom is -0.302 e. The standard InChI is InChI=1S/C9H9F3N2O.C2H6/c10-9(11,12)8(13,14)7-3-1-6(5-15)2-4-7;1-2/h1-5H,13-14H2;1-2H3. The van der Waals surface area contributed by atoms with Crippen molar-refractivity contribution in [2.75, 3.05) is 0 Å². The van der Waals surface area contributed by atoms with E-state index in [9.17, 15) is 18.0 Å². The highest BCUT2D eigenvalue weighted by atomic mass is 19.4. The van der Waals surface area contributed by atoms with Crippen molar-refractivity contribution in [3.63, 3.8) is 0 Å². The van der Waals surface area contributed by atoms with Crippen LogP contribution in [-0.2, 0) is 5.66 Å². The number of rotatable bonds is 2. The Morgan fingerprint density at radius 1 is 1.06 bits per heavy atom. The molecule has 0 spiro atoms. The van der Waals surface area contributed by atoms with Crippen molar-refractivity contribution in [3.8, 4) is 0 Å². The molecular formula is C11H15F3N2O. The summed E-state index contributed by atoms with van der Waals surface area (Å²) in [6.07, 6.45) is -4.22. The van der Waals surface area contributed by atoms with Gasteiger partial charge in [0.1, 0.15) is 6.29 Å². The highest BCUT2D eigenvalue weighted by molar-refractivity contribution is 5.74. The van der Waals surface area contributed by atoms with Crippen molar-refractivity contribution in [1.29, 1.82) is 0 Å². The van der Waals surface area contributed by atoms with Crippen LogP contribution < -0.4 is 11.5 Å². The van der Waals surface area contributed by atoms with Gasteiger partial charge in [-0.15, -0.1) is 0 Å². The van der Waals surface area contributed by atoms with Gasteiger partial charge in [0.2, 0.25) is 0 Å². The maximum Gasteiger partial charge on any atom is 0.423 e. The molecule has 0 aliphatic rings. The van der Waals surface area contributed by atoms with Crippen molar-refractivity contribution in [2.45, 2.75) is 25.7 Å². The lowest BCUT2D eigenvalue weighted by Crippen LogP contribution is -2.57. The SMILES string of the molecule is CC.NC(N)(c1ccc(C=O)cc1)C(F)(F)F. The van der Waals surface area contributed by atoms with E-state index in [0.717, 1.165) is 12.1 Å². The maximum absolute atomic E-state index is 12.4. The molecule has 0 saturated carbocycles. The number of nitrogens with two attached hydrogens (primary N) is 2. The highest BCUT2D eigenvalue weighted by Crippen LogP contribution is 2.32. The predicted octanol–water partition coefficient (Wildman–Crippen LogP) is 2.16. The van der Waals surface area contributed by atoms with Gasteiger partial charge in [0.15, 0.2) is 5.66 Å². The Morgan fingerprint density at radius 2 is 1.47 bits per heavy atom. The fraction of sp³-hybridized carbons (Fsp3) is 0.364. The van der Waals surface area contributed by atoms with Gasteiger partial charge < -0.3 is 11.5 Å². The average Bonchev–Trinajstić information content (AvgIpc) is 2.30. The molecule has 0 aliphatic heterocycles. The number of hydrogen-bond acceptors (Lipinski definition) is 3. The first-order valence-electron chi connectivity index (χ1n) is 4.99. The molecule has 1 aromatic rings. The van der Waals surface area contributed by atoms with E-state index in [1.165, 1.54) is 12.1 Å². The molecule has 1 rings (SSSR count). The van der Waals surface area contributed by atoms with Crippen LogP contribution in [0.15, 0.2) is 24.3 Å². The second-order valence-electron chi connectivity index (χ2n) is 3.11. The Balaban J connectivity index is 0.00000121. The van der Waals surface area contributed by atoms with Crippen molar-refractivity contribution in [2.24, 2.45) is 11.5 Å². The van der Waals surface area contributed by atoms with Crippen LogP contribution in [0.4, 0.5) is 13.2 Å². The fourth-order valence-corrected chi connectivity index (χ4v) is 1.00. The molecule has 0 unspecified atom stereocenters. The quantitative estimate of drug-likeness (QED) is 0.622. The van der Waals surface area contributed by atoms with E-state index >= 15 is 0 Å². The molecule has 4 N–H and O–H groups in total. The van der Waals surface area contributed by atoms with Gasteiger partial charge in [-0.25, -0.2) is 0 Å². The molecule has 6 heteroatoms. The molecular weight excluding hydrogens is 233 g/mol. The van der Waals surface area contributed by atoms with Crippen molar-refractivity contribution < 1.29 is 18.0 Å². The van der Waals surface area contributed by atoms with Gasteiger partial charge in [-0.2, -0.15) is 13.2 Å². The first kappa shape index (κ1) is 15.6. The van der Waals surface area contributed by atoms with Gasteiger partial charge in [-0.3, -0.25) is 4.79 Å². The minimum absolute atomic E-state index is 0.261. The van der Waals surface area contributed by atoms with Crippen LogP contribution in [-0.4, -0.2) is 12.5 Å². The van der Waals surface area contributed by atoms with Gasteiger partial charge in [-0.1, -0.05) is 38.1 Å². The van der Waals surface area contributed by atoms with E-state index in [-0.39, 0.29) is 11.1 Å².